The molecular formula is C19H23NO2S. The van der Waals surface area contributed by atoms with Crippen LogP contribution in [-0.4, -0.2) is 18.6 Å². The van der Waals surface area contributed by atoms with Gasteiger partial charge in [-0.05, 0) is 54.3 Å². The molecule has 1 fully saturated rings. The summed E-state index contributed by atoms with van der Waals surface area (Å²) in [5.74, 6) is 0.680. The van der Waals surface area contributed by atoms with Crippen molar-refractivity contribution in [2.75, 3.05) is 6.54 Å². The minimum atomic E-state index is -0.488. The van der Waals surface area contributed by atoms with Gasteiger partial charge in [-0.15, -0.1) is 0 Å². The molecule has 1 aliphatic rings. The van der Waals surface area contributed by atoms with Crippen molar-refractivity contribution in [1.82, 2.24) is 5.32 Å². The Labute approximate surface area is 141 Å². The summed E-state index contributed by atoms with van der Waals surface area (Å²) >= 11 is 1.73. The topological polar surface area (TPSA) is 38.3 Å². The van der Waals surface area contributed by atoms with Crippen molar-refractivity contribution >= 4 is 17.2 Å². The Balaban J connectivity index is 1.59. The van der Waals surface area contributed by atoms with Gasteiger partial charge in [-0.1, -0.05) is 31.0 Å². The summed E-state index contributed by atoms with van der Waals surface area (Å²) in [7, 11) is 0. The second-order valence-corrected chi connectivity index (χ2v) is 7.07. The molecule has 1 N–H and O–H groups in total. The maximum Gasteiger partial charge on any atom is 0.260 e. The third-order valence-corrected chi connectivity index (χ3v) is 5.40. The summed E-state index contributed by atoms with van der Waals surface area (Å²) < 4.78 is 5.70. The van der Waals surface area contributed by atoms with E-state index in [0.29, 0.717) is 6.54 Å². The summed E-state index contributed by atoms with van der Waals surface area (Å²) in [6.07, 6.45) is 4.29. The Bertz CT molecular complexity index is 618. The monoisotopic (exact) mass is 329 g/mol. The van der Waals surface area contributed by atoms with Gasteiger partial charge in [0.25, 0.3) is 5.91 Å². The van der Waals surface area contributed by atoms with E-state index in [1.807, 2.05) is 30.3 Å². The van der Waals surface area contributed by atoms with Crippen LogP contribution in [0.4, 0.5) is 0 Å². The molecule has 1 amide bonds. The summed E-state index contributed by atoms with van der Waals surface area (Å²) in [5, 5.41) is 7.46. The quantitative estimate of drug-likeness (QED) is 0.865. The summed E-state index contributed by atoms with van der Waals surface area (Å²) in [6, 6.07) is 11.7. The molecule has 0 unspecified atom stereocenters. The van der Waals surface area contributed by atoms with E-state index in [0.717, 1.165) is 18.6 Å². The van der Waals surface area contributed by atoms with E-state index >= 15 is 0 Å². The minimum absolute atomic E-state index is 0.0460. The minimum Gasteiger partial charge on any atom is -0.481 e. The highest BCUT2D eigenvalue weighted by molar-refractivity contribution is 7.08. The summed E-state index contributed by atoms with van der Waals surface area (Å²) in [4.78, 5) is 12.4. The first-order chi connectivity index (χ1) is 11.2. The van der Waals surface area contributed by atoms with Crippen LogP contribution in [0.1, 0.15) is 38.2 Å². The van der Waals surface area contributed by atoms with Crippen LogP contribution < -0.4 is 10.1 Å². The zero-order valence-corrected chi connectivity index (χ0v) is 14.3. The molecule has 1 aromatic carbocycles. The number of amides is 1. The third kappa shape index (κ3) is 3.75. The zero-order chi connectivity index (χ0) is 16.1. The van der Waals surface area contributed by atoms with Gasteiger partial charge in [0.1, 0.15) is 5.75 Å². The molecule has 4 heteroatoms. The molecule has 0 bridgehead atoms. The summed E-state index contributed by atoms with van der Waals surface area (Å²) in [5.41, 5.74) is 1.49. The first kappa shape index (κ1) is 16.1. The van der Waals surface area contributed by atoms with E-state index in [-0.39, 0.29) is 11.3 Å². The number of ether oxygens (including phenoxy) is 1. The standard InChI is InChI=1S/C19H23NO2S/c1-15(22-17-7-3-2-4-8-17)18(21)20-14-19(10-5-6-11-19)16-9-12-23-13-16/h2-4,7-9,12-13,15H,5-6,10-11,14H2,1H3,(H,20,21)/t15-/m1/s1. The predicted molar refractivity (Wildman–Crippen MR) is 94.0 cm³/mol. The van der Waals surface area contributed by atoms with E-state index in [1.165, 1.54) is 18.4 Å². The number of carbonyl (C=O) groups is 1. The van der Waals surface area contributed by atoms with Crippen molar-refractivity contribution in [1.29, 1.82) is 0 Å². The van der Waals surface area contributed by atoms with Gasteiger partial charge in [0.05, 0.1) is 0 Å². The number of hydrogen-bond donors (Lipinski definition) is 1. The van der Waals surface area contributed by atoms with Crippen molar-refractivity contribution in [3.8, 4) is 5.75 Å². The Hall–Kier alpha value is -1.81. The molecule has 1 aromatic heterocycles. The molecule has 0 aliphatic heterocycles. The molecule has 3 nitrogen and oxygen atoms in total. The molecule has 0 saturated heterocycles. The molecule has 1 atom stereocenters. The molecular weight excluding hydrogens is 306 g/mol. The second-order valence-electron chi connectivity index (χ2n) is 6.29. The molecule has 2 aromatic rings. The van der Waals surface area contributed by atoms with Gasteiger partial charge in [-0.25, -0.2) is 0 Å². The maximum atomic E-state index is 12.4. The predicted octanol–water partition coefficient (Wildman–Crippen LogP) is 4.14. The lowest BCUT2D eigenvalue weighted by molar-refractivity contribution is -0.127. The van der Waals surface area contributed by atoms with E-state index in [4.69, 9.17) is 4.74 Å². The zero-order valence-electron chi connectivity index (χ0n) is 13.5. The molecule has 0 spiro atoms. The number of nitrogens with one attached hydrogen (secondary N) is 1. The number of thiophene rings is 1. The lowest BCUT2D eigenvalue weighted by atomic mass is 9.80. The van der Waals surface area contributed by atoms with Gasteiger partial charge in [-0.3, -0.25) is 4.79 Å². The van der Waals surface area contributed by atoms with Gasteiger partial charge in [0, 0.05) is 12.0 Å². The molecule has 0 radical (unpaired) electrons. The molecule has 1 aliphatic carbocycles. The van der Waals surface area contributed by atoms with Crippen LogP contribution in [0.15, 0.2) is 47.2 Å². The van der Waals surface area contributed by atoms with Crippen LogP contribution in [0, 0.1) is 0 Å². The maximum absolute atomic E-state index is 12.4. The van der Waals surface area contributed by atoms with Gasteiger partial charge in [0.2, 0.25) is 0 Å². The molecule has 3 rings (SSSR count). The van der Waals surface area contributed by atoms with Crippen LogP contribution in [0.2, 0.25) is 0 Å². The fourth-order valence-corrected chi connectivity index (χ4v) is 4.12. The largest absolute Gasteiger partial charge is 0.481 e. The highest BCUT2D eigenvalue weighted by Crippen LogP contribution is 2.41. The molecule has 1 saturated carbocycles. The van der Waals surface area contributed by atoms with Crippen LogP contribution in [0.3, 0.4) is 0 Å². The highest BCUT2D eigenvalue weighted by Gasteiger charge is 2.36. The average molecular weight is 329 g/mol. The summed E-state index contributed by atoms with van der Waals surface area (Å²) in [6.45, 7) is 2.50. The van der Waals surface area contributed by atoms with Crippen molar-refractivity contribution in [3.63, 3.8) is 0 Å². The number of benzene rings is 1. The second kappa shape index (κ2) is 7.18. The first-order valence-electron chi connectivity index (χ1n) is 8.22. The van der Waals surface area contributed by atoms with E-state index in [2.05, 4.69) is 22.1 Å². The number of para-hydroxylation sites is 1. The van der Waals surface area contributed by atoms with Crippen LogP contribution in [0.25, 0.3) is 0 Å². The smallest absolute Gasteiger partial charge is 0.260 e. The van der Waals surface area contributed by atoms with Crippen molar-refractivity contribution in [2.24, 2.45) is 0 Å². The van der Waals surface area contributed by atoms with Gasteiger partial charge in [-0.2, -0.15) is 11.3 Å². The highest BCUT2D eigenvalue weighted by atomic mass is 32.1. The average Bonchev–Trinajstić information content (AvgIpc) is 3.25. The fraction of sp³-hybridized carbons (Fsp3) is 0.421. The van der Waals surface area contributed by atoms with Gasteiger partial charge >= 0.3 is 0 Å². The van der Waals surface area contributed by atoms with Crippen LogP contribution in [0.5, 0.6) is 5.75 Å². The van der Waals surface area contributed by atoms with Crippen molar-refractivity contribution in [2.45, 2.75) is 44.1 Å². The number of hydrogen-bond acceptors (Lipinski definition) is 3. The Morgan fingerprint density at radius 2 is 2.00 bits per heavy atom. The van der Waals surface area contributed by atoms with E-state index in [9.17, 15) is 4.79 Å². The van der Waals surface area contributed by atoms with Crippen molar-refractivity contribution in [3.05, 3.63) is 52.7 Å². The lowest BCUT2D eigenvalue weighted by Crippen LogP contribution is -2.43. The Kier molecular flexibility index (Phi) is 5.01. The van der Waals surface area contributed by atoms with Gasteiger partial charge in [0.15, 0.2) is 6.10 Å². The van der Waals surface area contributed by atoms with Crippen LogP contribution in [-0.2, 0) is 10.2 Å². The van der Waals surface area contributed by atoms with Crippen LogP contribution >= 0.6 is 11.3 Å². The van der Waals surface area contributed by atoms with E-state index < -0.39 is 6.10 Å². The number of rotatable bonds is 6. The molecule has 1 heterocycles. The SMILES string of the molecule is C[C@@H](Oc1ccccc1)C(=O)NCC1(c2ccsc2)CCCC1. The fourth-order valence-electron chi connectivity index (χ4n) is 3.34. The third-order valence-electron chi connectivity index (χ3n) is 4.72. The van der Waals surface area contributed by atoms with E-state index in [1.54, 1.807) is 18.3 Å². The van der Waals surface area contributed by atoms with Crippen molar-refractivity contribution < 1.29 is 9.53 Å². The normalized spacial score (nSPS) is 17.6. The number of carbonyl (C=O) groups excluding carboxylic acids is 1. The molecule has 23 heavy (non-hydrogen) atoms. The Morgan fingerprint density at radius 3 is 2.65 bits per heavy atom. The lowest BCUT2D eigenvalue weighted by Gasteiger charge is -2.29. The first-order valence-corrected chi connectivity index (χ1v) is 9.16. The Morgan fingerprint density at radius 1 is 1.26 bits per heavy atom. The van der Waals surface area contributed by atoms with Gasteiger partial charge < -0.3 is 10.1 Å². The molecule has 122 valence electrons.